The van der Waals surface area contributed by atoms with Crippen LogP contribution in [-0.4, -0.2) is 45.8 Å². The van der Waals surface area contributed by atoms with E-state index in [-0.39, 0.29) is 5.25 Å². The molecule has 0 amide bonds. The van der Waals surface area contributed by atoms with Crippen LogP contribution < -0.4 is 9.46 Å². The number of ether oxygens (including phenoxy) is 1. The molecule has 5 nitrogen and oxygen atoms in total. The molecule has 0 spiro atoms. The molecule has 1 aliphatic heterocycles. The van der Waals surface area contributed by atoms with Gasteiger partial charge in [0.2, 0.25) is 10.0 Å². The van der Waals surface area contributed by atoms with E-state index in [1.807, 2.05) is 12.1 Å². The highest BCUT2D eigenvalue weighted by atomic mass is 32.2. The number of methoxy groups -OCH3 is 1. The van der Waals surface area contributed by atoms with Gasteiger partial charge in [-0.05, 0) is 57.1 Å². The minimum atomic E-state index is -3.13. The van der Waals surface area contributed by atoms with Crippen LogP contribution in [0.2, 0.25) is 0 Å². The largest absolute Gasteiger partial charge is 0.496 e. The average Bonchev–Trinajstić information content (AvgIpc) is 2.50. The molecule has 0 unspecified atom stereocenters. The number of hydrogen-bond donors (Lipinski definition) is 1. The smallest absolute Gasteiger partial charge is 0.214 e. The second kappa shape index (κ2) is 6.77. The lowest BCUT2D eigenvalue weighted by Crippen LogP contribution is -2.42. The highest BCUT2D eigenvalue weighted by molar-refractivity contribution is 7.90. The van der Waals surface area contributed by atoms with E-state index in [0.29, 0.717) is 12.8 Å². The lowest BCUT2D eigenvalue weighted by Gasteiger charge is -2.31. The second-order valence-corrected chi connectivity index (χ2v) is 7.63. The van der Waals surface area contributed by atoms with Crippen molar-refractivity contribution in [1.82, 2.24) is 9.62 Å². The van der Waals surface area contributed by atoms with Crippen LogP contribution in [0.3, 0.4) is 0 Å². The standard InChI is InChI=1S/C15H24N2O3S/c1-12-13(5-4-6-15(12)20-3)11-17-9-7-14(8-10-17)21(18,19)16-2/h4-6,14,16H,7-11H2,1-3H3. The van der Waals surface area contributed by atoms with Gasteiger partial charge in [-0.3, -0.25) is 4.90 Å². The first-order valence-electron chi connectivity index (χ1n) is 7.25. The molecule has 1 aromatic rings. The van der Waals surface area contributed by atoms with Crippen molar-refractivity contribution in [3.05, 3.63) is 29.3 Å². The number of rotatable bonds is 5. The highest BCUT2D eigenvalue weighted by Crippen LogP contribution is 2.24. The summed E-state index contributed by atoms with van der Waals surface area (Å²) in [5.74, 6) is 0.903. The number of likely N-dealkylation sites (tertiary alicyclic amines) is 1. The van der Waals surface area contributed by atoms with E-state index in [0.717, 1.165) is 30.9 Å². The summed E-state index contributed by atoms with van der Waals surface area (Å²) in [5.41, 5.74) is 2.40. The molecule has 0 aliphatic carbocycles. The van der Waals surface area contributed by atoms with Crippen LogP contribution in [0.1, 0.15) is 24.0 Å². The Hall–Kier alpha value is -1.11. The van der Waals surface area contributed by atoms with Gasteiger partial charge in [0.05, 0.1) is 12.4 Å². The van der Waals surface area contributed by atoms with Crippen molar-refractivity contribution in [1.29, 1.82) is 0 Å². The molecule has 1 aliphatic rings. The van der Waals surface area contributed by atoms with Crippen molar-refractivity contribution >= 4 is 10.0 Å². The quantitative estimate of drug-likeness (QED) is 0.895. The fraction of sp³-hybridized carbons (Fsp3) is 0.600. The number of nitrogens with one attached hydrogen (secondary N) is 1. The van der Waals surface area contributed by atoms with Gasteiger partial charge in [-0.15, -0.1) is 0 Å². The van der Waals surface area contributed by atoms with Crippen molar-refractivity contribution in [3.8, 4) is 5.75 Å². The molecule has 1 fully saturated rings. The Balaban J connectivity index is 1.98. The van der Waals surface area contributed by atoms with Gasteiger partial charge in [0.25, 0.3) is 0 Å². The first-order valence-corrected chi connectivity index (χ1v) is 8.79. The van der Waals surface area contributed by atoms with Crippen LogP contribution in [0.5, 0.6) is 5.75 Å². The van der Waals surface area contributed by atoms with E-state index >= 15 is 0 Å². The van der Waals surface area contributed by atoms with E-state index in [4.69, 9.17) is 4.74 Å². The first-order chi connectivity index (χ1) is 9.97. The minimum Gasteiger partial charge on any atom is -0.496 e. The fourth-order valence-electron chi connectivity index (χ4n) is 2.84. The maximum absolute atomic E-state index is 11.8. The summed E-state index contributed by atoms with van der Waals surface area (Å²) < 4.78 is 31.4. The van der Waals surface area contributed by atoms with Gasteiger partial charge in [0.1, 0.15) is 5.75 Å². The average molecular weight is 312 g/mol. The van der Waals surface area contributed by atoms with E-state index in [9.17, 15) is 8.42 Å². The third kappa shape index (κ3) is 3.75. The molecular weight excluding hydrogens is 288 g/mol. The van der Waals surface area contributed by atoms with Gasteiger partial charge in [0, 0.05) is 6.54 Å². The lowest BCUT2D eigenvalue weighted by molar-refractivity contribution is 0.221. The molecule has 21 heavy (non-hydrogen) atoms. The Bertz CT molecular complexity index is 579. The molecule has 0 aromatic heterocycles. The van der Waals surface area contributed by atoms with E-state index in [2.05, 4.69) is 22.6 Å². The molecule has 0 atom stereocenters. The van der Waals surface area contributed by atoms with Crippen LogP contribution in [-0.2, 0) is 16.6 Å². The Labute approximate surface area is 127 Å². The number of piperidine rings is 1. The number of nitrogens with zero attached hydrogens (tertiary/aromatic N) is 1. The number of sulfonamides is 1. The van der Waals surface area contributed by atoms with Gasteiger partial charge < -0.3 is 4.74 Å². The zero-order valence-corrected chi connectivity index (χ0v) is 13.7. The third-order valence-electron chi connectivity index (χ3n) is 4.27. The first kappa shape index (κ1) is 16.3. The Morgan fingerprint density at radius 2 is 2.00 bits per heavy atom. The van der Waals surface area contributed by atoms with Crippen molar-refractivity contribution in [2.75, 3.05) is 27.2 Å². The van der Waals surface area contributed by atoms with Crippen molar-refractivity contribution < 1.29 is 13.2 Å². The van der Waals surface area contributed by atoms with Crippen molar-refractivity contribution in [2.45, 2.75) is 31.6 Å². The predicted molar refractivity (Wildman–Crippen MR) is 84.0 cm³/mol. The Morgan fingerprint density at radius 3 is 2.57 bits per heavy atom. The molecule has 0 radical (unpaired) electrons. The summed E-state index contributed by atoms with van der Waals surface area (Å²) in [6.45, 7) is 4.52. The third-order valence-corrected chi connectivity index (χ3v) is 6.19. The zero-order chi connectivity index (χ0) is 15.5. The molecule has 118 valence electrons. The topological polar surface area (TPSA) is 58.6 Å². The van der Waals surface area contributed by atoms with E-state index in [1.54, 1.807) is 7.11 Å². The van der Waals surface area contributed by atoms with Gasteiger partial charge in [-0.1, -0.05) is 12.1 Å². The summed E-state index contributed by atoms with van der Waals surface area (Å²) >= 11 is 0. The molecule has 1 saturated heterocycles. The summed E-state index contributed by atoms with van der Waals surface area (Å²) in [4.78, 5) is 2.31. The second-order valence-electron chi connectivity index (χ2n) is 5.47. The summed E-state index contributed by atoms with van der Waals surface area (Å²) in [5, 5.41) is -0.259. The van der Waals surface area contributed by atoms with Crippen LogP contribution in [0.25, 0.3) is 0 Å². The SMILES string of the molecule is CNS(=O)(=O)C1CCN(Cc2cccc(OC)c2C)CC1. The molecule has 2 rings (SSSR count). The summed E-state index contributed by atoms with van der Waals surface area (Å²) in [6.07, 6.45) is 1.37. The van der Waals surface area contributed by atoms with Gasteiger partial charge in [-0.25, -0.2) is 13.1 Å². The van der Waals surface area contributed by atoms with Crippen LogP contribution >= 0.6 is 0 Å². The maximum atomic E-state index is 11.8. The molecule has 0 bridgehead atoms. The summed E-state index contributed by atoms with van der Waals surface area (Å²) in [6, 6.07) is 6.07. The van der Waals surface area contributed by atoms with Crippen LogP contribution in [0.15, 0.2) is 18.2 Å². The van der Waals surface area contributed by atoms with Crippen LogP contribution in [0.4, 0.5) is 0 Å². The predicted octanol–water partition coefficient (Wildman–Crippen LogP) is 1.52. The van der Waals surface area contributed by atoms with Crippen molar-refractivity contribution in [3.63, 3.8) is 0 Å². The van der Waals surface area contributed by atoms with Gasteiger partial charge in [0.15, 0.2) is 0 Å². The molecular formula is C15H24N2O3S. The maximum Gasteiger partial charge on any atom is 0.214 e. The van der Waals surface area contributed by atoms with Crippen LogP contribution in [0, 0.1) is 6.92 Å². The van der Waals surface area contributed by atoms with Gasteiger partial charge >= 0.3 is 0 Å². The molecule has 1 N–H and O–H groups in total. The Kier molecular flexibility index (Phi) is 5.24. The Morgan fingerprint density at radius 1 is 1.33 bits per heavy atom. The van der Waals surface area contributed by atoms with Gasteiger partial charge in [-0.2, -0.15) is 0 Å². The molecule has 6 heteroatoms. The number of hydrogen-bond acceptors (Lipinski definition) is 4. The monoisotopic (exact) mass is 312 g/mol. The highest BCUT2D eigenvalue weighted by Gasteiger charge is 2.28. The number of benzene rings is 1. The fourth-order valence-corrected chi connectivity index (χ4v) is 4.00. The summed E-state index contributed by atoms with van der Waals surface area (Å²) in [7, 11) is 0.0351. The van der Waals surface area contributed by atoms with E-state index in [1.165, 1.54) is 12.6 Å². The van der Waals surface area contributed by atoms with Crippen molar-refractivity contribution in [2.24, 2.45) is 0 Å². The zero-order valence-electron chi connectivity index (χ0n) is 12.9. The normalized spacial score (nSPS) is 17.9. The van der Waals surface area contributed by atoms with E-state index < -0.39 is 10.0 Å². The molecule has 0 saturated carbocycles. The molecule has 1 aromatic carbocycles. The lowest BCUT2D eigenvalue weighted by atomic mass is 10.1. The minimum absolute atomic E-state index is 0.259. The molecule has 1 heterocycles.